The van der Waals surface area contributed by atoms with Gasteiger partial charge in [-0.2, -0.15) is 13.2 Å². The lowest BCUT2D eigenvalue weighted by molar-refractivity contribution is -0.136. The molecule has 0 bridgehead atoms. The number of rotatable bonds is 4. The van der Waals surface area contributed by atoms with E-state index in [2.05, 4.69) is 10.4 Å². The Labute approximate surface area is 124 Å². The largest absolute Gasteiger partial charge is 0.389 e. The van der Waals surface area contributed by atoms with Gasteiger partial charge in [0.15, 0.2) is 0 Å². The van der Waals surface area contributed by atoms with E-state index in [1.807, 2.05) is 0 Å². The van der Waals surface area contributed by atoms with Crippen LogP contribution >= 0.6 is 0 Å². The molecule has 124 valence electrons. The van der Waals surface area contributed by atoms with Crippen molar-refractivity contribution in [1.29, 1.82) is 0 Å². The van der Waals surface area contributed by atoms with E-state index in [1.54, 1.807) is 4.90 Å². The Kier molecular flexibility index (Phi) is 4.89. The van der Waals surface area contributed by atoms with Gasteiger partial charge >= 0.3 is 11.9 Å². The standard InChI is InChI=1S/C12H18F3N5O2/c1-18-10(21)9(19-7-4-16-5-8-19)17-20(11(18)22)6-2-3-12(13,14)15/h16H,2-8H2,1H3. The molecular formula is C12H18F3N5O2. The zero-order valence-electron chi connectivity index (χ0n) is 12.2. The van der Waals surface area contributed by atoms with Crippen molar-refractivity contribution in [2.75, 3.05) is 31.1 Å². The van der Waals surface area contributed by atoms with Gasteiger partial charge < -0.3 is 10.2 Å². The maximum Gasteiger partial charge on any atom is 0.389 e. The number of aromatic nitrogens is 3. The maximum absolute atomic E-state index is 12.2. The third-order valence-corrected chi connectivity index (χ3v) is 3.47. The molecular weight excluding hydrogens is 303 g/mol. The van der Waals surface area contributed by atoms with Crippen LogP contribution in [0.15, 0.2) is 9.59 Å². The minimum Gasteiger partial charge on any atom is -0.348 e. The van der Waals surface area contributed by atoms with E-state index in [4.69, 9.17) is 0 Å². The number of halogens is 3. The molecule has 0 atom stereocenters. The Hall–Kier alpha value is -1.84. The van der Waals surface area contributed by atoms with Crippen LogP contribution in [-0.4, -0.2) is 46.7 Å². The number of hydrogen-bond acceptors (Lipinski definition) is 5. The number of aryl methyl sites for hydroxylation is 1. The van der Waals surface area contributed by atoms with Crippen molar-refractivity contribution in [2.24, 2.45) is 7.05 Å². The van der Waals surface area contributed by atoms with Crippen LogP contribution in [0.2, 0.25) is 0 Å². The van der Waals surface area contributed by atoms with Gasteiger partial charge in [0.1, 0.15) is 0 Å². The zero-order valence-corrected chi connectivity index (χ0v) is 12.2. The average Bonchev–Trinajstić information content (AvgIpc) is 2.47. The summed E-state index contributed by atoms with van der Waals surface area (Å²) in [7, 11) is 1.30. The van der Waals surface area contributed by atoms with Gasteiger partial charge in [0.2, 0.25) is 5.82 Å². The average molecular weight is 321 g/mol. The quantitative estimate of drug-likeness (QED) is 0.824. The summed E-state index contributed by atoms with van der Waals surface area (Å²) in [6.07, 6.45) is -5.52. The molecule has 1 aromatic heterocycles. The second-order valence-corrected chi connectivity index (χ2v) is 5.15. The van der Waals surface area contributed by atoms with Gasteiger partial charge in [-0.3, -0.25) is 9.36 Å². The summed E-state index contributed by atoms with van der Waals surface area (Å²) < 4.78 is 38.4. The molecule has 1 aliphatic heterocycles. The van der Waals surface area contributed by atoms with Crippen LogP contribution in [0.25, 0.3) is 0 Å². The highest BCUT2D eigenvalue weighted by atomic mass is 19.4. The van der Waals surface area contributed by atoms with Crippen LogP contribution in [-0.2, 0) is 13.6 Å². The van der Waals surface area contributed by atoms with Crippen LogP contribution in [0.4, 0.5) is 19.0 Å². The van der Waals surface area contributed by atoms with Crippen molar-refractivity contribution in [3.05, 3.63) is 20.8 Å². The lowest BCUT2D eigenvalue weighted by Gasteiger charge is -2.28. The van der Waals surface area contributed by atoms with Crippen molar-refractivity contribution >= 4 is 5.82 Å². The number of piperazine rings is 1. The monoisotopic (exact) mass is 321 g/mol. The van der Waals surface area contributed by atoms with Gasteiger partial charge in [-0.1, -0.05) is 0 Å². The zero-order chi connectivity index (χ0) is 16.3. The summed E-state index contributed by atoms with van der Waals surface area (Å²) in [5, 5.41) is 7.10. The first-order chi connectivity index (χ1) is 10.3. The predicted octanol–water partition coefficient (Wildman–Crippen LogP) is -0.306. The van der Waals surface area contributed by atoms with Gasteiger partial charge in [-0.05, 0) is 6.42 Å². The van der Waals surface area contributed by atoms with Gasteiger partial charge in [0.25, 0.3) is 5.56 Å². The molecule has 0 aliphatic carbocycles. The van der Waals surface area contributed by atoms with Gasteiger partial charge in [0.05, 0.1) is 0 Å². The normalized spacial score (nSPS) is 16.1. The Morgan fingerprint density at radius 3 is 2.45 bits per heavy atom. The number of nitrogens with zero attached hydrogens (tertiary/aromatic N) is 4. The predicted molar refractivity (Wildman–Crippen MR) is 74.1 cm³/mol. The summed E-state index contributed by atoms with van der Waals surface area (Å²) in [5.41, 5.74) is -1.23. The van der Waals surface area contributed by atoms with Crippen LogP contribution in [0.5, 0.6) is 0 Å². The van der Waals surface area contributed by atoms with E-state index in [1.165, 1.54) is 7.05 Å². The first kappa shape index (κ1) is 16.5. The highest BCUT2D eigenvalue weighted by molar-refractivity contribution is 5.35. The highest BCUT2D eigenvalue weighted by Gasteiger charge is 2.26. The second kappa shape index (κ2) is 6.51. The van der Waals surface area contributed by atoms with Gasteiger partial charge in [-0.15, -0.1) is 5.10 Å². The molecule has 0 spiro atoms. The van der Waals surface area contributed by atoms with Crippen LogP contribution < -0.4 is 21.5 Å². The van der Waals surface area contributed by atoms with E-state index in [0.29, 0.717) is 26.2 Å². The lowest BCUT2D eigenvalue weighted by atomic mass is 10.3. The Balaban J connectivity index is 2.24. The number of nitrogens with one attached hydrogen (secondary N) is 1. The second-order valence-electron chi connectivity index (χ2n) is 5.15. The third-order valence-electron chi connectivity index (χ3n) is 3.47. The molecule has 1 aromatic rings. The maximum atomic E-state index is 12.2. The van der Waals surface area contributed by atoms with Crippen LogP contribution in [0.1, 0.15) is 12.8 Å². The van der Waals surface area contributed by atoms with Crippen molar-refractivity contribution < 1.29 is 13.2 Å². The Morgan fingerprint density at radius 2 is 1.86 bits per heavy atom. The molecule has 1 aliphatic rings. The van der Waals surface area contributed by atoms with Crippen molar-refractivity contribution in [3.8, 4) is 0 Å². The molecule has 0 aromatic carbocycles. The fourth-order valence-electron chi connectivity index (χ4n) is 2.26. The molecule has 10 heteroatoms. The molecule has 7 nitrogen and oxygen atoms in total. The summed E-state index contributed by atoms with van der Waals surface area (Å²) >= 11 is 0. The van der Waals surface area contributed by atoms with Crippen LogP contribution in [0, 0.1) is 0 Å². The summed E-state index contributed by atoms with van der Waals surface area (Å²) in [4.78, 5) is 25.8. The van der Waals surface area contributed by atoms with Crippen molar-refractivity contribution in [2.45, 2.75) is 25.6 Å². The molecule has 22 heavy (non-hydrogen) atoms. The topological polar surface area (TPSA) is 72.2 Å². The SMILES string of the molecule is Cn1c(=O)c(N2CCNCC2)nn(CCCC(F)(F)F)c1=O. The highest BCUT2D eigenvalue weighted by Crippen LogP contribution is 2.21. The van der Waals surface area contributed by atoms with Crippen molar-refractivity contribution in [3.63, 3.8) is 0 Å². The summed E-state index contributed by atoms with van der Waals surface area (Å²) in [6, 6.07) is 0. The smallest absolute Gasteiger partial charge is 0.348 e. The number of anilines is 1. The molecule has 1 N–H and O–H groups in total. The fourth-order valence-corrected chi connectivity index (χ4v) is 2.26. The molecule has 0 unspecified atom stereocenters. The molecule has 2 heterocycles. The molecule has 1 saturated heterocycles. The fraction of sp³-hybridized carbons (Fsp3) is 0.750. The van der Waals surface area contributed by atoms with E-state index >= 15 is 0 Å². The molecule has 0 amide bonds. The van der Waals surface area contributed by atoms with E-state index < -0.39 is 23.8 Å². The van der Waals surface area contributed by atoms with Crippen LogP contribution in [0.3, 0.4) is 0 Å². The van der Waals surface area contributed by atoms with Gasteiger partial charge in [-0.25, -0.2) is 9.48 Å². The van der Waals surface area contributed by atoms with Gasteiger partial charge in [0, 0.05) is 46.2 Å². The van der Waals surface area contributed by atoms with E-state index in [-0.39, 0.29) is 18.8 Å². The first-order valence-electron chi connectivity index (χ1n) is 7.00. The van der Waals surface area contributed by atoms with Crippen molar-refractivity contribution in [1.82, 2.24) is 19.7 Å². The minimum atomic E-state index is -4.27. The Morgan fingerprint density at radius 1 is 1.23 bits per heavy atom. The first-order valence-corrected chi connectivity index (χ1v) is 7.00. The minimum absolute atomic E-state index is 0.107. The lowest BCUT2D eigenvalue weighted by Crippen LogP contribution is -2.49. The molecule has 0 saturated carbocycles. The summed E-state index contributed by atoms with van der Waals surface area (Å²) in [6.45, 7) is 2.30. The molecule has 2 rings (SSSR count). The number of hydrogen-bond donors (Lipinski definition) is 1. The third kappa shape index (κ3) is 3.87. The number of alkyl halides is 3. The summed E-state index contributed by atoms with van der Waals surface area (Å²) in [5.74, 6) is 0.107. The van der Waals surface area contributed by atoms with E-state index in [9.17, 15) is 22.8 Å². The molecule has 0 radical (unpaired) electrons. The Bertz CT molecular complexity index is 631. The van der Waals surface area contributed by atoms with E-state index in [0.717, 1.165) is 9.25 Å². The molecule has 1 fully saturated rings.